The highest BCUT2D eigenvalue weighted by Crippen LogP contribution is 2.37. The lowest BCUT2D eigenvalue weighted by molar-refractivity contribution is -0.199. The molecule has 0 spiro atoms. The van der Waals surface area contributed by atoms with E-state index in [4.69, 9.17) is 0 Å². The third kappa shape index (κ3) is 6.10. The van der Waals surface area contributed by atoms with Gasteiger partial charge in [0.15, 0.2) is 6.29 Å². The minimum Gasteiger partial charge on any atom is -0.429 e. The quantitative estimate of drug-likeness (QED) is 0.504. The first-order chi connectivity index (χ1) is 15.6. The molecule has 1 fully saturated rings. The fourth-order valence-electron chi connectivity index (χ4n) is 3.78. The molecule has 1 saturated heterocycles. The van der Waals surface area contributed by atoms with Gasteiger partial charge in [-0.25, -0.2) is 13.2 Å². The number of halogens is 3. The Labute approximate surface area is 199 Å². The number of nitrogens with zero attached hydrogens (tertiary/aromatic N) is 2. The van der Waals surface area contributed by atoms with Gasteiger partial charge in [-0.2, -0.15) is 17.5 Å². The van der Waals surface area contributed by atoms with Crippen molar-refractivity contribution in [2.75, 3.05) is 26.2 Å². The average molecular weight is 507 g/mol. The standard InChI is InChI=1S/C23H33F3N2O5S/c1-14(2)17-11-18(15(3)4)21(19(12-17)16(5)6)34(31,32)28-9-7-27(8-10-28)22(30)33-20(13-29)23(24,25)26/h11-16,20H,7-10H2,1-6H3. The van der Waals surface area contributed by atoms with Crippen molar-refractivity contribution < 1.29 is 35.9 Å². The van der Waals surface area contributed by atoms with Crippen molar-refractivity contribution >= 4 is 22.4 Å². The molecule has 2 rings (SSSR count). The summed E-state index contributed by atoms with van der Waals surface area (Å²) in [5, 5.41) is 0. The largest absolute Gasteiger partial charge is 0.432 e. The number of carbonyl (C=O) groups excluding carboxylic acids is 2. The van der Waals surface area contributed by atoms with E-state index in [-0.39, 0.29) is 48.8 Å². The maximum absolute atomic E-state index is 13.7. The summed E-state index contributed by atoms with van der Waals surface area (Å²) >= 11 is 0. The molecule has 0 N–H and O–H groups in total. The molecule has 1 amide bonds. The van der Waals surface area contributed by atoms with Gasteiger partial charge in [-0.3, -0.25) is 4.79 Å². The lowest BCUT2D eigenvalue weighted by Crippen LogP contribution is -2.52. The van der Waals surface area contributed by atoms with Crippen molar-refractivity contribution in [2.45, 2.75) is 76.5 Å². The number of amides is 1. The lowest BCUT2D eigenvalue weighted by Gasteiger charge is -2.35. The van der Waals surface area contributed by atoms with Crippen molar-refractivity contribution in [3.63, 3.8) is 0 Å². The maximum Gasteiger partial charge on any atom is 0.432 e. The van der Waals surface area contributed by atoms with Gasteiger partial charge in [0.05, 0.1) is 4.90 Å². The highest BCUT2D eigenvalue weighted by Gasteiger charge is 2.44. The van der Waals surface area contributed by atoms with Crippen molar-refractivity contribution in [2.24, 2.45) is 0 Å². The van der Waals surface area contributed by atoms with Gasteiger partial charge >= 0.3 is 12.3 Å². The van der Waals surface area contributed by atoms with E-state index >= 15 is 0 Å². The molecule has 0 saturated carbocycles. The molecule has 0 bridgehead atoms. The summed E-state index contributed by atoms with van der Waals surface area (Å²) in [4.78, 5) is 24.0. The predicted octanol–water partition coefficient (Wildman–Crippen LogP) is 4.63. The highest BCUT2D eigenvalue weighted by atomic mass is 32.2. The van der Waals surface area contributed by atoms with E-state index in [0.717, 1.165) is 21.6 Å². The van der Waals surface area contributed by atoms with Gasteiger partial charge in [0.25, 0.3) is 6.10 Å². The van der Waals surface area contributed by atoms with Crippen molar-refractivity contribution in [3.8, 4) is 0 Å². The first-order valence-electron chi connectivity index (χ1n) is 11.3. The molecule has 192 valence electrons. The van der Waals surface area contributed by atoms with Gasteiger partial charge in [-0.05, 0) is 34.4 Å². The van der Waals surface area contributed by atoms with Crippen LogP contribution in [0, 0.1) is 0 Å². The van der Waals surface area contributed by atoms with E-state index in [0.29, 0.717) is 0 Å². The number of piperazine rings is 1. The van der Waals surface area contributed by atoms with Gasteiger partial charge in [0.1, 0.15) is 0 Å². The SMILES string of the molecule is CC(C)c1cc(C(C)C)c(S(=O)(=O)N2CCN(C(=O)OC(C=O)C(F)(F)F)CC2)c(C(C)C)c1. The van der Waals surface area contributed by atoms with Crippen LogP contribution in [-0.4, -0.2) is 68.5 Å². The van der Waals surface area contributed by atoms with Gasteiger partial charge in [0.2, 0.25) is 10.0 Å². The summed E-state index contributed by atoms with van der Waals surface area (Å²) in [6, 6.07) is 3.86. The summed E-state index contributed by atoms with van der Waals surface area (Å²) in [5.41, 5.74) is 2.49. The van der Waals surface area contributed by atoms with Gasteiger partial charge in [-0.1, -0.05) is 53.7 Å². The van der Waals surface area contributed by atoms with Crippen LogP contribution in [0.15, 0.2) is 17.0 Å². The van der Waals surface area contributed by atoms with Crippen LogP contribution in [0.25, 0.3) is 0 Å². The molecule has 0 aromatic heterocycles. The first-order valence-corrected chi connectivity index (χ1v) is 12.7. The van der Waals surface area contributed by atoms with Crippen LogP contribution in [0.3, 0.4) is 0 Å². The number of alkyl halides is 3. The normalized spacial score (nSPS) is 16.9. The number of ether oxygens (including phenoxy) is 1. The molecule has 11 heteroatoms. The van der Waals surface area contributed by atoms with Crippen LogP contribution >= 0.6 is 0 Å². The Bertz CT molecular complexity index is 969. The second-order valence-electron chi connectivity index (χ2n) is 9.37. The molecule has 1 aromatic carbocycles. The van der Waals surface area contributed by atoms with Gasteiger partial charge < -0.3 is 9.64 Å². The third-order valence-corrected chi connectivity index (χ3v) is 7.88. The molecule has 7 nitrogen and oxygen atoms in total. The monoisotopic (exact) mass is 506 g/mol. The Kier molecular flexibility index (Phi) is 8.79. The molecule has 1 unspecified atom stereocenters. The minimum absolute atomic E-state index is 0.0557. The number of carbonyl (C=O) groups is 2. The number of aldehydes is 1. The number of benzene rings is 1. The second-order valence-corrected chi connectivity index (χ2v) is 11.2. The fourth-order valence-corrected chi connectivity index (χ4v) is 5.87. The van der Waals surface area contributed by atoms with E-state index in [1.165, 1.54) is 4.31 Å². The maximum atomic E-state index is 13.7. The van der Waals surface area contributed by atoms with Crippen molar-refractivity contribution in [1.82, 2.24) is 9.21 Å². The molecule has 34 heavy (non-hydrogen) atoms. The fraction of sp³-hybridized carbons (Fsp3) is 0.652. The van der Waals surface area contributed by atoms with Gasteiger partial charge in [-0.15, -0.1) is 0 Å². The third-order valence-electron chi connectivity index (χ3n) is 5.85. The summed E-state index contributed by atoms with van der Waals surface area (Å²) in [5.74, 6) is 0.105. The van der Waals surface area contributed by atoms with E-state index in [1.807, 2.05) is 53.7 Å². The Morgan fingerprint density at radius 1 is 0.941 bits per heavy atom. The summed E-state index contributed by atoms with van der Waals surface area (Å²) in [6.07, 6.45) is -9.66. The number of sulfonamides is 1. The Balaban J connectivity index is 2.32. The van der Waals surface area contributed by atoms with E-state index in [2.05, 4.69) is 4.74 Å². The van der Waals surface area contributed by atoms with E-state index < -0.39 is 34.7 Å². The molecule has 1 aromatic rings. The van der Waals surface area contributed by atoms with Crippen LogP contribution in [-0.2, 0) is 19.6 Å². The molecular weight excluding hydrogens is 473 g/mol. The zero-order valence-electron chi connectivity index (χ0n) is 20.3. The van der Waals surface area contributed by atoms with Crippen LogP contribution in [0.2, 0.25) is 0 Å². The van der Waals surface area contributed by atoms with Crippen molar-refractivity contribution in [1.29, 1.82) is 0 Å². The summed E-state index contributed by atoms with van der Waals surface area (Å²) in [6.45, 7) is 11.3. The highest BCUT2D eigenvalue weighted by molar-refractivity contribution is 7.89. The second kappa shape index (κ2) is 10.6. The summed E-state index contributed by atoms with van der Waals surface area (Å²) in [7, 11) is -3.94. The van der Waals surface area contributed by atoms with Crippen LogP contribution < -0.4 is 0 Å². The molecule has 0 radical (unpaired) electrons. The summed E-state index contributed by atoms with van der Waals surface area (Å²) < 4.78 is 71.2. The number of rotatable bonds is 7. The van der Waals surface area contributed by atoms with Gasteiger partial charge in [0, 0.05) is 26.2 Å². The number of hydrogen-bond acceptors (Lipinski definition) is 5. The first kappa shape index (κ1) is 28.1. The molecule has 1 aliphatic rings. The minimum atomic E-state index is -5.01. The zero-order valence-corrected chi connectivity index (χ0v) is 21.2. The van der Waals surface area contributed by atoms with E-state index in [1.54, 1.807) is 0 Å². The average Bonchev–Trinajstić information content (AvgIpc) is 2.75. The Hall–Kier alpha value is -2.14. The van der Waals surface area contributed by atoms with Crippen LogP contribution in [0.1, 0.15) is 76.0 Å². The Morgan fingerprint density at radius 2 is 1.41 bits per heavy atom. The van der Waals surface area contributed by atoms with E-state index in [9.17, 15) is 31.2 Å². The predicted molar refractivity (Wildman–Crippen MR) is 121 cm³/mol. The molecule has 1 heterocycles. The lowest BCUT2D eigenvalue weighted by atomic mass is 9.89. The molecular formula is C23H33F3N2O5S. The topological polar surface area (TPSA) is 84.0 Å². The van der Waals surface area contributed by atoms with Crippen molar-refractivity contribution in [3.05, 3.63) is 28.8 Å². The molecule has 0 aliphatic carbocycles. The zero-order chi connectivity index (χ0) is 26.0. The molecule has 1 aliphatic heterocycles. The van der Waals surface area contributed by atoms with Crippen LogP contribution in [0.4, 0.5) is 18.0 Å². The number of hydrogen-bond donors (Lipinski definition) is 0. The molecule has 1 atom stereocenters. The Morgan fingerprint density at radius 3 is 1.76 bits per heavy atom. The van der Waals surface area contributed by atoms with Crippen LogP contribution in [0.5, 0.6) is 0 Å². The smallest absolute Gasteiger partial charge is 0.429 e.